The first kappa shape index (κ1) is 21.5. The molecule has 0 unspecified atom stereocenters. The van der Waals surface area contributed by atoms with E-state index in [2.05, 4.69) is 33.0 Å². The Morgan fingerprint density at radius 2 is 1.84 bits per heavy atom. The van der Waals surface area contributed by atoms with E-state index in [1.165, 1.54) is 0 Å². The highest BCUT2D eigenvalue weighted by Gasteiger charge is 2.13. The average Bonchev–Trinajstić information content (AvgIpc) is 2.83. The van der Waals surface area contributed by atoms with E-state index in [1.807, 2.05) is 72.8 Å². The molecule has 158 valence electrons. The van der Waals surface area contributed by atoms with Crippen LogP contribution in [0.1, 0.15) is 15.9 Å². The number of fused-ring (bicyclic) bond motifs is 1. The highest BCUT2D eigenvalue weighted by atomic mass is 79.9. The van der Waals surface area contributed by atoms with Crippen molar-refractivity contribution in [2.45, 2.75) is 0 Å². The van der Waals surface area contributed by atoms with Gasteiger partial charge in [-0.05, 0) is 51.8 Å². The highest BCUT2D eigenvalue weighted by molar-refractivity contribution is 9.10. The van der Waals surface area contributed by atoms with Crippen molar-refractivity contribution in [2.75, 3.05) is 6.61 Å². The monoisotopic (exact) mass is 485 g/mol. The third-order valence-corrected chi connectivity index (χ3v) is 5.34. The van der Waals surface area contributed by atoms with Gasteiger partial charge in [-0.15, -0.1) is 0 Å². The second kappa shape index (κ2) is 10.0. The van der Waals surface area contributed by atoms with Gasteiger partial charge in [-0.25, -0.2) is 10.4 Å². The van der Waals surface area contributed by atoms with Crippen LogP contribution in [0.2, 0.25) is 0 Å². The van der Waals surface area contributed by atoms with Crippen molar-refractivity contribution in [3.8, 4) is 17.0 Å². The van der Waals surface area contributed by atoms with Gasteiger partial charge in [0, 0.05) is 10.9 Å². The van der Waals surface area contributed by atoms with Gasteiger partial charge < -0.3 is 4.74 Å². The Bertz CT molecular complexity index is 1300. The van der Waals surface area contributed by atoms with Gasteiger partial charge in [-0.3, -0.25) is 4.79 Å². The summed E-state index contributed by atoms with van der Waals surface area (Å²) in [5.74, 6) is 0.407. The molecule has 1 N–H and O–H groups in total. The molecule has 4 rings (SSSR count). The average molecular weight is 486 g/mol. The number of rotatable bonds is 7. The fourth-order valence-corrected chi connectivity index (χ4v) is 3.72. The molecule has 5 nitrogen and oxygen atoms in total. The minimum Gasteiger partial charge on any atom is -0.488 e. The van der Waals surface area contributed by atoms with Crippen molar-refractivity contribution in [2.24, 2.45) is 5.10 Å². The topological polar surface area (TPSA) is 63.6 Å². The number of nitrogens with zero attached hydrogens (tertiary/aromatic N) is 2. The van der Waals surface area contributed by atoms with E-state index >= 15 is 0 Å². The first-order valence-corrected chi connectivity index (χ1v) is 10.8. The Kier molecular flexibility index (Phi) is 6.72. The molecule has 0 bridgehead atoms. The number of carbonyl (C=O) groups is 1. The number of ether oxygens (including phenoxy) is 1. The number of aromatic nitrogens is 1. The van der Waals surface area contributed by atoms with Crippen LogP contribution in [0.15, 0.2) is 101 Å². The van der Waals surface area contributed by atoms with Crippen LogP contribution in [0.5, 0.6) is 5.75 Å². The summed E-state index contributed by atoms with van der Waals surface area (Å²) < 4.78 is 6.34. The summed E-state index contributed by atoms with van der Waals surface area (Å²) >= 11 is 3.48. The van der Waals surface area contributed by atoms with E-state index in [0.29, 0.717) is 17.9 Å². The van der Waals surface area contributed by atoms with Crippen molar-refractivity contribution < 1.29 is 9.53 Å². The second-order valence-corrected chi connectivity index (χ2v) is 7.78. The molecule has 1 heterocycles. The van der Waals surface area contributed by atoms with Gasteiger partial charge in [0.25, 0.3) is 5.91 Å². The van der Waals surface area contributed by atoms with Crippen molar-refractivity contribution >= 4 is 39.0 Å². The molecular formula is C26H20BrN3O2. The van der Waals surface area contributed by atoms with Crippen LogP contribution in [0, 0.1) is 0 Å². The molecule has 0 fully saturated rings. The molecule has 0 saturated heterocycles. The molecule has 0 aliphatic rings. The van der Waals surface area contributed by atoms with Crippen molar-refractivity contribution in [1.82, 2.24) is 10.4 Å². The Hall–Kier alpha value is -3.77. The third kappa shape index (κ3) is 4.92. The maximum absolute atomic E-state index is 13.0. The number of hydrogen-bond acceptors (Lipinski definition) is 4. The number of hydrogen-bond donors (Lipinski definition) is 1. The van der Waals surface area contributed by atoms with Gasteiger partial charge in [0.1, 0.15) is 12.4 Å². The predicted octanol–water partition coefficient (Wildman–Crippen LogP) is 5.99. The van der Waals surface area contributed by atoms with Gasteiger partial charge in [0.2, 0.25) is 0 Å². The zero-order valence-electron chi connectivity index (χ0n) is 17.2. The Morgan fingerprint density at radius 3 is 2.62 bits per heavy atom. The van der Waals surface area contributed by atoms with Crippen LogP contribution in [-0.4, -0.2) is 23.7 Å². The molecule has 1 amide bonds. The summed E-state index contributed by atoms with van der Waals surface area (Å²) in [4.78, 5) is 17.7. The van der Waals surface area contributed by atoms with Crippen molar-refractivity contribution in [1.29, 1.82) is 0 Å². The molecule has 6 heteroatoms. The number of halogens is 1. The Morgan fingerprint density at radius 1 is 1.06 bits per heavy atom. The number of nitrogens with one attached hydrogen (secondary N) is 1. The van der Waals surface area contributed by atoms with E-state index in [0.717, 1.165) is 32.2 Å². The molecule has 0 radical (unpaired) electrons. The van der Waals surface area contributed by atoms with Crippen molar-refractivity contribution in [3.63, 3.8) is 0 Å². The molecular weight excluding hydrogens is 466 g/mol. The Labute approximate surface area is 194 Å². The molecule has 4 aromatic rings. The maximum atomic E-state index is 13.0. The lowest BCUT2D eigenvalue weighted by molar-refractivity contribution is 0.0956. The largest absolute Gasteiger partial charge is 0.488 e. The zero-order valence-corrected chi connectivity index (χ0v) is 18.7. The first-order valence-electron chi connectivity index (χ1n) is 9.97. The van der Waals surface area contributed by atoms with E-state index in [9.17, 15) is 4.79 Å². The number of benzene rings is 3. The van der Waals surface area contributed by atoms with E-state index in [-0.39, 0.29) is 5.91 Å². The summed E-state index contributed by atoms with van der Waals surface area (Å²) in [6, 6.07) is 24.7. The maximum Gasteiger partial charge on any atom is 0.272 e. The fourth-order valence-electron chi connectivity index (χ4n) is 3.21. The normalized spacial score (nSPS) is 10.9. The summed E-state index contributed by atoms with van der Waals surface area (Å²) in [5.41, 5.74) is 6.39. The summed E-state index contributed by atoms with van der Waals surface area (Å²) in [5, 5.41) is 4.91. The number of amides is 1. The third-order valence-electron chi connectivity index (χ3n) is 4.72. The van der Waals surface area contributed by atoms with E-state index in [4.69, 9.17) is 9.72 Å². The van der Waals surface area contributed by atoms with Crippen molar-refractivity contribution in [3.05, 3.63) is 107 Å². The SMILES string of the molecule is C=CCOc1ccc(/C=N/NC(=O)c2cc(-c3ccccc3)nc3ccccc23)cc1Br. The van der Waals surface area contributed by atoms with Crippen LogP contribution in [0.4, 0.5) is 0 Å². The van der Waals surface area contributed by atoms with Crippen LogP contribution >= 0.6 is 15.9 Å². The first-order chi connectivity index (χ1) is 15.7. The number of hydrazone groups is 1. The van der Waals surface area contributed by atoms with Gasteiger partial charge in [0.05, 0.1) is 27.5 Å². The van der Waals surface area contributed by atoms with Crippen LogP contribution in [-0.2, 0) is 0 Å². The molecule has 0 atom stereocenters. The molecule has 0 spiro atoms. The highest BCUT2D eigenvalue weighted by Crippen LogP contribution is 2.26. The molecule has 32 heavy (non-hydrogen) atoms. The van der Waals surface area contributed by atoms with Gasteiger partial charge in [0.15, 0.2) is 0 Å². The fraction of sp³-hybridized carbons (Fsp3) is 0.0385. The zero-order chi connectivity index (χ0) is 22.3. The second-order valence-electron chi connectivity index (χ2n) is 6.93. The van der Waals surface area contributed by atoms with Gasteiger partial charge in [-0.1, -0.05) is 61.2 Å². The molecule has 3 aromatic carbocycles. The van der Waals surface area contributed by atoms with Gasteiger partial charge in [-0.2, -0.15) is 5.10 Å². The lowest BCUT2D eigenvalue weighted by atomic mass is 10.0. The summed E-state index contributed by atoms with van der Waals surface area (Å²) in [6.07, 6.45) is 3.27. The van der Waals surface area contributed by atoms with E-state index < -0.39 is 0 Å². The Balaban J connectivity index is 1.57. The number of para-hydroxylation sites is 1. The van der Waals surface area contributed by atoms with Gasteiger partial charge >= 0.3 is 0 Å². The minimum absolute atomic E-state index is 0.304. The van der Waals surface area contributed by atoms with Crippen LogP contribution < -0.4 is 10.2 Å². The standard InChI is InChI=1S/C26H20BrN3O2/c1-2-14-32-25-13-12-18(15-22(25)27)17-28-30-26(31)21-16-24(19-8-4-3-5-9-19)29-23-11-7-6-10-20(21)23/h2-13,15-17H,1,14H2,(H,30,31)/b28-17+. The smallest absolute Gasteiger partial charge is 0.272 e. The quantitative estimate of drug-likeness (QED) is 0.198. The summed E-state index contributed by atoms with van der Waals surface area (Å²) in [7, 11) is 0. The molecule has 1 aromatic heterocycles. The molecule has 0 aliphatic carbocycles. The lowest BCUT2D eigenvalue weighted by Crippen LogP contribution is -2.18. The minimum atomic E-state index is -0.304. The van der Waals surface area contributed by atoms with E-state index in [1.54, 1.807) is 18.4 Å². The molecule has 0 aliphatic heterocycles. The summed E-state index contributed by atoms with van der Waals surface area (Å²) in [6.45, 7) is 4.06. The molecule has 0 saturated carbocycles. The predicted molar refractivity (Wildman–Crippen MR) is 132 cm³/mol. The number of pyridine rings is 1. The lowest BCUT2D eigenvalue weighted by Gasteiger charge is -2.09. The number of carbonyl (C=O) groups excluding carboxylic acids is 1. The van der Waals surface area contributed by atoms with Crippen LogP contribution in [0.25, 0.3) is 22.2 Å². The van der Waals surface area contributed by atoms with Crippen LogP contribution in [0.3, 0.4) is 0 Å².